The van der Waals surface area contributed by atoms with E-state index in [-0.39, 0.29) is 24.2 Å². The van der Waals surface area contributed by atoms with Crippen molar-refractivity contribution >= 4 is 17.5 Å². The third-order valence-corrected chi connectivity index (χ3v) is 5.22. The molecular formula is C21H24ClNO3. The predicted octanol–water partition coefficient (Wildman–Crippen LogP) is 4.92. The van der Waals surface area contributed by atoms with Crippen LogP contribution >= 0.6 is 11.6 Å². The van der Waals surface area contributed by atoms with E-state index in [9.17, 15) is 4.79 Å². The second-order valence-corrected chi connectivity index (χ2v) is 7.04. The van der Waals surface area contributed by atoms with Crippen LogP contribution in [0.2, 0.25) is 5.02 Å². The molecule has 4 nitrogen and oxygen atoms in total. The van der Waals surface area contributed by atoms with E-state index < -0.39 is 0 Å². The zero-order valence-corrected chi connectivity index (χ0v) is 15.9. The minimum atomic E-state index is -0.250. The highest BCUT2D eigenvalue weighted by Gasteiger charge is 2.38. The molecule has 0 fully saturated rings. The fourth-order valence-electron chi connectivity index (χ4n) is 3.37. The average Bonchev–Trinajstić information content (AvgIpc) is 2.66. The second kappa shape index (κ2) is 8.00. The maximum atomic E-state index is 12.5. The number of benzene rings is 2. The van der Waals surface area contributed by atoms with Crippen molar-refractivity contribution in [1.82, 2.24) is 5.32 Å². The molecular weight excluding hydrogens is 350 g/mol. The average molecular weight is 374 g/mol. The summed E-state index contributed by atoms with van der Waals surface area (Å²) >= 11 is 5.94. The predicted molar refractivity (Wildman–Crippen MR) is 103 cm³/mol. The van der Waals surface area contributed by atoms with Crippen LogP contribution in [0.3, 0.4) is 0 Å². The molecule has 2 aromatic rings. The standard InChI is InChI=1S/C21H24ClNO3/c1-3-21(4-2)13-18(17-10-5-6-11-19(17)26-21)23-20(24)14-25-16-9-7-8-15(22)12-16/h5-12,18H,3-4,13-14H2,1-2H3,(H,23,24). The van der Waals surface area contributed by atoms with Crippen LogP contribution in [0.15, 0.2) is 48.5 Å². The lowest BCUT2D eigenvalue weighted by molar-refractivity contribution is -0.124. The summed E-state index contributed by atoms with van der Waals surface area (Å²) in [5.41, 5.74) is 0.765. The maximum absolute atomic E-state index is 12.5. The van der Waals surface area contributed by atoms with E-state index in [1.54, 1.807) is 24.3 Å². The number of hydrogen-bond donors (Lipinski definition) is 1. The third kappa shape index (κ3) is 4.13. The van der Waals surface area contributed by atoms with Crippen LogP contribution in [0.25, 0.3) is 0 Å². The van der Waals surface area contributed by atoms with E-state index in [1.807, 2.05) is 24.3 Å². The molecule has 1 heterocycles. The van der Waals surface area contributed by atoms with E-state index in [1.165, 1.54) is 0 Å². The molecule has 1 aliphatic rings. The van der Waals surface area contributed by atoms with Gasteiger partial charge in [0.15, 0.2) is 6.61 Å². The summed E-state index contributed by atoms with van der Waals surface area (Å²) in [7, 11) is 0. The number of rotatable bonds is 6. The number of ether oxygens (including phenoxy) is 2. The topological polar surface area (TPSA) is 47.6 Å². The fourth-order valence-corrected chi connectivity index (χ4v) is 3.55. The number of hydrogen-bond acceptors (Lipinski definition) is 3. The molecule has 0 bridgehead atoms. The van der Waals surface area contributed by atoms with Gasteiger partial charge in [-0.05, 0) is 37.1 Å². The molecule has 5 heteroatoms. The molecule has 1 unspecified atom stereocenters. The minimum Gasteiger partial charge on any atom is -0.487 e. The summed E-state index contributed by atoms with van der Waals surface area (Å²) in [5.74, 6) is 1.27. The van der Waals surface area contributed by atoms with Crippen molar-refractivity contribution < 1.29 is 14.3 Å². The van der Waals surface area contributed by atoms with Gasteiger partial charge in [0.05, 0.1) is 6.04 Å². The molecule has 1 aliphatic heterocycles. The monoisotopic (exact) mass is 373 g/mol. The maximum Gasteiger partial charge on any atom is 0.258 e. The van der Waals surface area contributed by atoms with E-state index in [4.69, 9.17) is 21.1 Å². The first-order chi connectivity index (χ1) is 12.5. The van der Waals surface area contributed by atoms with Crippen LogP contribution in [-0.4, -0.2) is 18.1 Å². The van der Waals surface area contributed by atoms with Crippen LogP contribution in [0, 0.1) is 0 Å². The van der Waals surface area contributed by atoms with Gasteiger partial charge in [-0.15, -0.1) is 0 Å². The number of para-hydroxylation sites is 1. The van der Waals surface area contributed by atoms with Gasteiger partial charge in [0.1, 0.15) is 17.1 Å². The van der Waals surface area contributed by atoms with Gasteiger partial charge < -0.3 is 14.8 Å². The summed E-state index contributed by atoms with van der Waals surface area (Å²) in [6.45, 7) is 4.20. The van der Waals surface area contributed by atoms with Gasteiger partial charge in [-0.25, -0.2) is 0 Å². The Balaban J connectivity index is 1.70. The van der Waals surface area contributed by atoms with Crippen molar-refractivity contribution in [1.29, 1.82) is 0 Å². The lowest BCUT2D eigenvalue weighted by Gasteiger charge is -2.41. The van der Waals surface area contributed by atoms with Gasteiger partial charge in [0.25, 0.3) is 5.91 Å². The molecule has 0 saturated heterocycles. The molecule has 1 amide bonds. The Morgan fingerprint density at radius 1 is 1.23 bits per heavy atom. The summed E-state index contributed by atoms with van der Waals surface area (Å²) in [6.07, 6.45) is 2.53. The first-order valence-corrected chi connectivity index (χ1v) is 9.38. The Kier molecular flexibility index (Phi) is 5.72. The van der Waals surface area contributed by atoms with Crippen LogP contribution in [0.4, 0.5) is 0 Å². The van der Waals surface area contributed by atoms with Gasteiger partial charge >= 0.3 is 0 Å². The lowest BCUT2D eigenvalue weighted by Crippen LogP contribution is -2.45. The second-order valence-electron chi connectivity index (χ2n) is 6.60. The van der Waals surface area contributed by atoms with Gasteiger partial charge in [-0.2, -0.15) is 0 Å². The highest BCUT2D eigenvalue weighted by molar-refractivity contribution is 6.30. The SMILES string of the molecule is CCC1(CC)CC(NC(=O)COc2cccc(Cl)c2)c2ccccc2O1. The first kappa shape index (κ1) is 18.6. The van der Waals surface area contributed by atoms with Crippen molar-refractivity contribution in [3.05, 3.63) is 59.1 Å². The molecule has 0 spiro atoms. The van der Waals surface area contributed by atoms with Crippen molar-refractivity contribution in [2.75, 3.05) is 6.61 Å². The normalized spacial score (nSPS) is 17.7. The summed E-state index contributed by atoms with van der Waals surface area (Å²) < 4.78 is 11.8. The van der Waals surface area contributed by atoms with Crippen LogP contribution in [0.1, 0.15) is 44.7 Å². The Morgan fingerprint density at radius 2 is 2.00 bits per heavy atom. The van der Waals surface area contributed by atoms with Crippen LogP contribution in [0.5, 0.6) is 11.5 Å². The lowest BCUT2D eigenvalue weighted by atomic mass is 9.83. The summed E-state index contributed by atoms with van der Waals surface area (Å²) in [4.78, 5) is 12.5. The Morgan fingerprint density at radius 3 is 2.73 bits per heavy atom. The van der Waals surface area contributed by atoms with Crippen molar-refractivity contribution in [2.45, 2.75) is 44.8 Å². The quantitative estimate of drug-likeness (QED) is 0.781. The van der Waals surface area contributed by atoms with Crippen LogP contribution < -0.4 is 14.8 Å². The van der Waals surface area contributed by atoms with Crippen molar-refractivity contribution in [3.63, 3.8) is 0 Å². The molecule has 26 heavy (non-hydrogen) atoms. The molecule has 0 aromatic heterocycles. The van der Waals surface area contributed by atoms with E-state index in [0.717, 1.165) is 30.6 Å². The van der Waals surface area contributed by atoms with Crippen molar-refractivity contribution in [3.8, 4) is 11.5 Å². The highest BCUT2D eigenvalue weighted by atomic mass is 35.5. The molecule has 138 valence electrons. The van der Waals surface area contributed by atoms with Gasteiger partial charge in [-0.1, -0.05) is 49.7 Å². The molecule has 0 radical (unpaired) electrons. The Labute approximate surface area is 159 Å². The molecule has 1 N–H and O–H groups in total. The largest absolute Gasteiger partial charge is 0.487 e. The number of carbonyl (C=O) groups is 1. The van der Waals surface area contributed by atoms with Crippen molar-refractivity contribution in [2.24, 2.45) is 0 Å². The smallest absolute Gasteiger partial charge is 0.258 e. The summed E-state index contributed by atoms with van der Waals surface area (Å²) in [6, 6.07) is 14.8. The van der Waals surface area contributed by atoms with E-state index in [2.05, 4.69) is 19.2 Å². The van der Waals surface area contributed by atoms with Crippen LogP contribution in [-0.2, 0) is 4.79 Å². The fraction of sp³-hybridized carbons (Fsp3) is 0.381. The number of fused-ring (bicyclic) bond motifs is 1. The number of carbonyl (C=O) groups excluding carboxylic acids is 1. The molecule has 1 atom stereocenters. The molecule has 2 aromatic carbocycles. The number of halogens is 1. The first-order valence-electron chi connectivity index (χ1n) is 9.01. The van der Waals surface area contributed by atoms with Gasteiger partial charge in [0, 0.05) is 17.0 Å². The molecule has 0 saturated carbocycles. The number of nitrogens with one attached hydrogen (secondary N) is 1. The Bertz CT molecular complexity index is 773. The van der Waals surface area contributed by atoms with Gasteiger partial charge in [0.2, 0.25) is 0 Å². The number of amides is 1. The zero-order chi connectivity index (χ0) is 18.6. The highest BCUT2D eigenvalue weighted by Crippen LogP contribution is 2.42. The molecule has 3 rings (SSSR count). The third-order valence-electron chi connectivity index (χ3n) is 4.99. The van der Waals surface area contributed by atoms with Gasteiger partial charge in [-0.3, -0.25) is 4.79 Å². The Hall–Kier alpha value is -2.20. The molecule has 0 aliphatic carbocycles. The van der Waals surface area contributed by atoms with E-state index >= 15 is 0 Å². The summed E-state index contributed by atoms with van der Waals surface area (Å²) in [5, 5.41) is 3.69. The van der Waals surface area contributed by atoms with E-state index in [0.29, 0.717) is 10.8 Å². The minimum absolute atomic E-state index is 0.0505. The zero-order valence-electron chi connectivity index (χ0n) is 15.1.